The van der Waals surface area contributed by atoms with Crippen molar-refractivity contribution in [2.45, 2.75) is 55.1 Å². The van der Waals surface area contributed by atoms with Crippen LogP contribution in [0.2, 0.25) is 8.63 Å². The summed E-state index contributed by atoms with van der Waals surface area (Å²) in [4.78, 5) is 28.3. The summed E-state index contributed by atoms with van der Waals surface area (Å²) in [6.45, 7) is 6.57. The van der Waals surface area contributed by atoms with E-state index in [2.05, 4.69) is 19.1 Å². The number of nitriles is 2. The number of methoxy groups -OCH3 is 1. The van der Waals surface area contributed by atoms with Gasteiger partial charge >= 0.3 is 251 Å². The van der Waals surface area contributed by atoms with Crippen LogP contribution in [0.25, 0.3) is 0 Å². The second kappa shape index (κ2) is 10.4. The Balaban J connectivity index is 1.65. The van der Waals surface area contributed by atoms with E-state index >= 15 is 0 Å². The average Bonchev–Trinajstić information content (AvgIpc) is 2.94. The molecule has 0 aliphatic heterocycles. The molecule has 7 heteroatoms. The molecule has 0 bridgehead atoms. The fraction of sp³-hybridized carbons (Fsp3) is 0.455. The topological polar surface area (TPSA) is 90.9 Å². The van der Waals surface area contributed by atoms with Gasteiger partial charge in [0.25, 0.3) is 0 Å². The molecule has 2 aromatic carbocycles. The molecule has 0 heterocycles. The van der Waals surface area contributed by atoms with Crippen molar-refractivity contribution in [1.29, 1.82) is 10.5 Å². The zero-order valence-corrected chi connectivity index (χ0v) is 26.8. The number of allylic oxidation sites excluding steroid dienone is 1. The van der Waals surface area contributed by atoms with Gasteiger partial charge in [0.15, 0.2) is 0 Å². The van der Waals surface area contributed by atoms with Gasteiger partial charge in [-0.3, -0.25) is 0 Å². The van der Waals surface area contributed by atoms with Gasteiger partial charge < -0.3 is 0 Å². The number of benzene rings is 2. The number of hydrogen-bond donors (Lipinski definition) is 0. The molecule has 40 heavy (non-hydrogen) atoms. The number of rotatable bonds is 6. The molecular weight excluding hydrogens is 630 g/mol. The Morgan fingerprint density at radius 3 is 1.95 bits per heavy atom. The third-order valence-corrected chi connectivity index (χ3v) is 14.8. The molecule has 0 spiro atoms. The number of Topliss-reactive ketones (excluding diaryl/α,β-unsaturated/α-hetero) is 1. The molecule has 5 rings (SSSR count). The van der Waals surface area contributed by atoms with Gasteiger partial charge in [-0.15, -0.1) is 0 Å². The van der Waals surface area contributed by atoms with E-state index in [9.17, 15) is 20.1 Å². The van der Waals surface area contributed by atoms with Crippen molar-refractivity contribution in [2.24, 2.45) is 22.2 Å². The number of hydrogen-bond acceptors (Lipinski definition) is 5. The standard InChI is InChI=1S/C33H34N2O3Se2/c1-29(2)25-15-16-31(22-38-4)19-32(20-34,39-23-11-7-5-8-12-23)27(36)17-26(31)30(25,3)18-33(21-35,28(29)37)40-24-13-9-6-10-14-24/h5-14,17,25H,15-16,18-19,22H2,1-4H3/t25-,30-,31-,32?,33?/m0/s1. The Hall–Kier alpha value is -2.50. The Labute approximate surface area is 249 Å². The minimum atomic E-state index is -1.15. The fourth-order valence-electron chi connectivity index (χ4n) is 7.89. The molecule has 3 aliphatic carbocycles. The van der Waals surface area contributed by atoms with Gasteiger partial charge in [0, 0.05) is 0 Å². The number of nitrogens with zero attached hydrogens (tertiary/aromatic N) is 2. The van der Waals surface area contributed by atoms with Gasteiger partial charge in [-0.25, -0.2) is 0 Å². The first kappa shape index (κ1) is 29.0. The number of carbonyl (C=O) groups is 2. The molecule has 0 radical (unpaired) electrons. The molecule has 0 saturated heterocycles. The van der Waals surface area contributed by atoms with E-state index in [1.807, 2.05) is 74.5 Å². The van der Waals surface area contributed by atoms with Crippen molar-refractivity contribution < 1.29 is 14.3 Å². The van der Waals surface area contributed by atoms with Crippen LogP contribution in [-0.4, -0.2) is 55.2 Å². The maximum absolute atomic E-state index is 14.2. The molecule has 2 saturated carbocycles. The summed E-state index contributed by atoms with van der Waals surface area (Å²) in [6, 6.07) is 24.7. The molecular formula is C33H34N2O3Se2. The summed E-state index contributed by atoms with van der Waals surface area (Å²) in [5.74, 6) is -0.137. The first-order valence-electron chi connectivity index (χ1n) is 13.6. The van der Waals surface area contributed by atoms with Crippen LogP contribution < -0.4 is 8.92 Å². The van der Waals surface area contributed by atoms with Gasteiger partial charge in [-0.2, -0.15) is 0 Å². The summed E-state index contributed by atoms with van der Waals surface area (Å²) in [5, 5.41) is 21.2. The van der Waals surface area contributed by atoms with Crippen molar-refractivity contribution in [3.8, 4) is 12.1 Å². The zero-order chi connectivity index (χ0) is 28.8. The van der Waals surface area contributed by atoms with Crippen LogP contribution in [0.3, 0.4) is 0 Å². The molecule has 3 aliphatic rings. The maximum atomic E-state index is 14.2. The molecule has 5 atom stereocenters. The molecule has 206 valence electrons. The number of carbonyl (C=O) groups excluding carboxylic acids is 2. The second-order valence-electron chi connectivity index (χ2n) is 12.3. The summed E-state index contributed by atoms with van der Waals surface area (Å²) >= 11 is -0.784. The van der Waals surface area contributed by atoms with Crippen LogP contribution in [0, 0.1) is 44.8 Å². The average molecular weight is 665 g/mol. The summed E-state index contributed by atoms with van der Waals surface area (Å²) < 4.78 is 5.62. The Bertz CT molecular complexity index is 1440. The Morgan fingerprint density at radius 2 is 1.43 bits per heavy atom. The van der Waals surface area contributed by atoms with Crippen molar-refractivity contribution in [1.82, 2.24) is 0 Å². The monoisotopic (exact) mass is 666 g/mol. The summed E-state index contributed by atoms with van der Waals surface area (Å²) in [7, 11) is 1.68. The molecule has 2 fully saturated rings. The van der Waals surface area contributed by atoms with Gasteiger partial charge in [0.2, 0.25) is 0 Å². The Morgan fingerprint density at radius 1 is 0.875 bits per heavy atom. The van der Waals surface area contributed by atoms with Crippen molar-refractivity contribution in [3.63, 3.8) is 0 Å². The molecule has 5 nitrogen and oxygen atoms in total. The van der Waals surface area contributed by atoms with E-state index in [0.717, 1.165) is 27.3 Å². The van der Waals surface area contributed by atoms with Crippen LogP contribution >= 0.6 is 0 Å². The third-order valence-electron chi connectivity index (χ3n) is 9.42. The third kappa shape index (κ3) is 4.44. The number of ether oxygens (including phenoxy) is 1. The van der Waals surface area contributed by atoms with E-state index in [-0.39, 0.29) is 32.4 Å². The van der Waals surface area contributed by atoms with Crippen LogP contribution in [-0.2, 0) is 14.3 Å². The fourth-order valence-corrected chi connectivity index (χ4v) is 13.6. The SMILES string of the molecule is COC[C@@]12CC[C@H]3C(C)(C)C(=O)C(C#N)([Se]c4ccccc4)C[C@]3(C)C1=CC(=O)C(C#N)([Se]c1ccccc1)C2. The van der Waals surface area contributed by atoms with E-state index in [1.54, 1.807) is 13.2 Å². The van der Waals surface area contributed by atoms with E-state index < -0.39 is 39.8 Å². The normalized spacial score (nSPS) is 34.5. The predicted octanol–water partition coefficient (Wildman–Crippen LogP) is 4.36. The molecule has 0 N–H and O–H groups in total. The van der Waals surface area contributed by atoms with Gasteiger partial charge in [0.05, 0.1) is 0 Å². The zero-order valence-electron chi connectivity index (χ0n) is 23.4. The summed E-state index contributed by atoms with van der Waals surface area (Å²) in [6.07, 6.45) is 4.07. The quantitative estimate of drug-likeness (QED) is 0.429. The minimum absolute atomic E-state index is 0.0150. The molecule has 2 aromatic rings. The van der Waals surface area contributed by atoms with Crippen molar-refractivity contribution in [2.75, 3.05) is 13.7 Å². The van der Waals surface area contributed by atoms with Crippen molar-refractivity contribution in [3.05, 3.63) is 72.3 Å². The van der Waals surface area contributed by atoms with Crippen LogP contribution in [0.15, 0.2) is 72.3 Å². The van der Waals surface area contributed by atoms with Crippen molar-refractivity contribution >= 4 is 50.4 Å². The van der Waals surface area contributed by atoms with Gasteiger partial charge in [-0.1, -0.05) is 0 Å². The van der Waals surface area contributed by atoms with Crippen LogP contribution in [0.4, 0.5) is 0 Å². The van der Waals surface area contributed by atoms with Gasteiger partial charge in [-0.05, 0) is 0 Å². The number of ketones is 2. The molecule has 0 amide bonds. The van der Waals surface area contributed by atoms with Gasteiger partial charge in [0.1, 0.15) is 0 Å². The van der Waals surface area contributed by atoms with Crippen LogP contribution in [0.1, 0.15) is 46.5 Å². The van der Waals surface area contributed by atoms with E-state index in [1.165, 1.54) is 0 Å². The Kier molecular flexibility index (Phi) is 7.54. The predicted molar refractivity (Wildman–Crippen MR) is 157 cm³/mol. The second-order valence-corrected chi connectivity index (χ2v) is 18.0. The van der Waals surface area contributed by atoms with E-state index in [0.29, 0.717) is 19.4 Å². The number of fused-ring (bicyclic) bond motifs is 3. The van der Waals surface area contributed by atoms with E-state index in [4.69, 9.17) is 4.74 Å². The van der Waals surface area contributed by atoms with Crippen LogP contribution in [0.5, 0.6) is 0 Å². The molecule has 0 aromatic heterocycles. The first-order chi connectivity index (χ1) is 19.0. The molecule has 2 unspecified atom stereocenters. The first-order valence-corrected chi connectivity index (χ1v) is 17.1. The summed E-state index contributed by atoms with van der Waals surface area (Å²) in [5.41, 5.74) is -0.809.